The zero-order valence-electron chi connectivity index (χ0n) is 10.1. The molecule has 0 bridgehead atoms. The van der Waals surface area contributed by atoms with Crippen LogP contribution in [0, 0.1) is 5.92 Å². The highest BCUT2D eigenvalue weighted by atomic mass is 32.2. The van der Waals surface area contributed by atoms with Gasteiger partial charge in [-0.2, -0.15) is 0 Å². The Labute approximate surface area is 114 Å². The Hall–Kier alpha value is -0.860. The molecule has 0 N–H and O–H groups in total. The van der Waals surface area contributed by atoms with Crippen LogP contribution in [-0.4, -0.2) is 10.5 Å². The van der Waals surface area contributed by atoms with Crippen molar-refractivity contribution in [2.45, 2.75) is 12.3 Å². The zero-order valence-corrected chi connectivity index (χ0v) is 11.8. The fourth-order valence-corrected chi connectivity index (χ4v) is 2.72. The molecule has 0 spiro atoms. The lowest BCUT2D eigenvalue weighted by atomic mass is 9.85. The smallest absolute Gasteiger partial charge is 0.0519 e. The molecule has 2 unspecified atom stereocenters. The molecule has 0 heterocycles. The molecule has 2 atom stereocenters. The van der Waals surface area contributed by atoms with Gasteiger partial charge in [-0.25, -0.2) is 0 Å². The molecule has 17 heavy (non-hydrogen) atoms. The highest BCUT2D eigenvalue weighted by molar-refractivity contribution is 8.22. The van der Waals surface area contributed by atoms with Gasteiger partial charge in [-0.1, -0.05) is 54.7 Å². The molecule has 0 radical (unpaired) electrons. The van der Waals surface area contributed by atoms with Gasteiger partial charge in [0.1, 0.15) is 0 Å². The molecule has 1 rings (SSSR count). The van der Waals surface area contributed by atoms with Crippen molar-refractivity contribution in [1.29, 1.82) is 0 Å². The van der Waals surface area contributed by atoms with Crippen LogP contribution in [0.4, 0.5) is 0 Å². The number of allylic oxidation sites excluding steroid dienone is 2. The van der Waals surface area contributed by atoms with E-state index in [9.17, 15) is 0 Å². The Morgan fingerprint density at radius 3 is 2.47 bits per heavy atom. The third-order valence-electron chi connectivity index (χ3n) is 2.80. The van der Waals surface area contributed by atoms with Crippen molar-refractivity contribution >= 4 is 28.2 Å². The lowest BCUT2D eigenvalue weighted by molar-refractivity contribution is 0.643. The predicted octanol–water partition coefficient (Wildman–Crippen LogP) is 4.84. The molecule has 1 aromatic rings. The molecule has 0 aromatic heterocycles. The van der Waals surface area contributed by atoms with Gasteiger partial charge >= 0.3 is 0 Å². The normalized spacial score (nSPS) is 13.7. The van der Waals surface area contributed by atoms with Crippen LogP contribution in [0.1, 0.15) is 17.9 Å². The van der Waals surface area contributed by atoms with Gasteiger partial charge < -0.3 is 0 Å². The first-order valence-corrected chi connectivity index (χ1v) is 7.24. The maximum atomic E-state index is 5.45. The Balaban J connectivity index is 3.01. The standard InChI is InChI=1S/C15H18S2/c1-4-9-14(15(16)17-3)13(5-2)12-10-7-6-8-11-12/h4-8,10-11,13-14H,1-2,9H2,3H3. The number of thiocarbonyl (C=S) groups is 1. The van der Waals surface area contributed by atoms with Gasteiger partial charge in [0.05, 0.1) is 4.20 Å². The summed E-state index contributed by atoms with van der Waals surface area (Å²) in [5.74, 6) is 0.576. The van der Waals surface area contributed by atoms with E-state index >= 15 is 0 Å². The molecule has 0 aliphatic carbocycles. The van der Waals surface area contributed by atoms with Crippen molar-refractivity contribution in [3.05, 3.63) is 61.2 Å². The molecule has 2 heteroatoms. The third-order valence-corrected chi connectivity index (χ3v) is 4.30. The van der Waals surface area contributed by atoms with Crippen LogP contribution >= 0.6 is 24.0 Å². The zero-order chi connectivity index (χ0) is 12.7. The molecule has 0 amide bonds. The fraction of sp³-hybridized carbons (Fsp3) is 0.267. The average Bonchev–Trinajstić information content (AvgIpc) is 2.39. The summed E-state index contributed by atoms with van der Waals surface area (Å²) in [4.78, 5) is 0. The van der Waals surface area contributed by atoms with Crippen LogP contribution in [0.15, 0.2) is 55.6 Å². The van der Waals surface area contributed by atoms with Gasteiger partial charge in [-0.3, -0.25) is 0 Å². The minimum absolute atomic E-state index is 0.272. The van der Waals surface area contributed by atoms with E-state index in [-0.39, 0.29) is 5.92 Å². The summed E-state index contributed by atoms with van der Waals surface area (Å²) in [7, 11) is 0. The summed E-state index contributed by atoms with van der Waals surface area (Å²) in [5.41, 5.74) is 1.27. The number of rotatable bonds is 6. The van der Waals surface area contributed by atoms with Gasteiger partial charge in [-0.15, -0.1) is 24.9 Å². The molecular weight excluding hydrogens is 244 g/mol. The Bertz CT molecular complexity index is 381. The van der Waals surface area contributed by atoms with Crippen LogP contribution in [0.5, 0.6) is 0 Å². The topological polar surface area (TPSA) is 0 Å². The van der Waals surface area contributed by atoms with E-state index < -0.39 is 0 Å². The summed E-state index contributed by atoms with van der Waals surface area (Å²) in [6, 6.07) is 10.4. The Morgan fingerprint density at radius 2 is 2.00 bits per heavy atom. The van der Waals surface area contributed by atoms with Crippen LogP contribution in [-0.2, 0) is 0 Å². The second-order valence-electron chi connectivity index (χ2n) is 3.83. The molecule has 90 valence electrons. The van der Waals surface area contributed by atoms with Crippen LogP contribution in [0.2, 0.25) is 0 Å². The monoisotopic (exact) mass is 262 g/mol. The summed E-state index contributed by atoms with van der Waals surface area (Å²) >= 11 is 7.10. The fourth-order valence-electron chi connectivity index (χ4n) is 1.93. The molecule has 0 fully saturated rings. The maximum absolute atomic E-state index is 5.45. The van der Waals surface area contributed by atoms with Gasteiger partial charge in [0.15, 0.2) is 0 Å². The number of hydrogen-bond donors (Lipinski definition) is 0. The number of thioether (sulfide) groups is 1. The van der Waals surface area contributed by atoms with E-state index in [1.54, 1.807) is 11.8 Å². The lowest BCUT2D eigenvalue weighted by Crippen LogP contribution is -2.17. The minimum Gasteiger partial charge on any atom is -0.122 e. The number of hydrogen-bond acceptors (Lipinski definition) is 2. The van der Waals surface area contributed by atoms with E-state index in [0.717, 1.165) is 10.6 Å². The first kappa shape index (κ1) is 14.2. The van der Waals surface area contributed by atoms with Crippen molar-refractivity contribution < 1.29 is 0 Å². The molecule has 0 aliphatic rings. The minimum atomic E-state index is 0.272. The van der Waals surface area contributed by atoms with E-state index in [1.807, 2.05) is 24.5 Å². The Morgan fingerprint density at radius 1 is 1.35 bits per heavy atom. The quantitative estimate of drug-likeness (QED) is 0.531. The molecular formula is C15H18S2. The first-order valence-electron chi connectivity index (χ1n) is 5.60. The van der Waals surface area contributed by atoms with Crippen LogP contribution in [0.25, 0.3) is 0 Å². The third kappa shape index (κ3) is 3.83. The van der Waals surface area contributed by atoms with E-state index in [1.165, 1.54) is 5.56 Å². The van der Waals surface area contributed by atoms with Gasteiger partial charge in [0.25, 0.3) is 0 Å². The molecule has 1 aromatic carbocycles. The van der Waals surface area contributed by atoms with Gasteiger partial charge in [-0.05, 0) is 18.2 Å². The maximum Gasteiger partial charge on any atom is 0.0519 e. The molecule has 0 aliphatic heterocycles. The highest BCUT2D eigenvalue weighted by Crippen LogP contribution is 2.32. The molecule has 0 saturated heterocycles. The van der Waals surface area contributed by atoms with Crippen molar-refractivity contribution in [3.8, 4) is 0 Å². The van der Waals surface area contributed by atoms with Crippen LogP contribution in [0.3, 0.4) is 0 Å². The van der Waals surface area contributed by atoms with Crippen LogP contribution < -0.4 is 0 Å². The summed E-state index contributed by atoms with van der Waals surface area (Å²) in [5, 5.41) is 0. The van der Waals surface area contributed by atoms with Crippen molar-refractivity contribution in [3.63, 3.8) is 0 Å². The molecule has 0 nitrogen and oxygen atoms in total. The summed E-state index contributed by atoms with van der Waals surface area (Å²) < 4.78 is 1.03. The van der Waals surface area contributed by atoms with Crippen molar-refractivity contribution in [1.82, 2.24) is 0 Å². The predicted molar refractivity (Wildman–Crippen MR) is 83.8 cm³/mol. The lowest BCUT2D eigenvalue weighted by Gasteiger charge is -2.24. The van der Waals surface area contributed by atoms with E-state index in [2.05, 4.69) is 37.4 Å². The van der Waals surface area contributed by atoms with E-state index in [4.69, 9.17) is 12.2 Å². The Kier molecular flexibility index (Phi) is 6.23. The first-order chi connectivity index (χ1) is 8.24. The van der Waals surface area contributed by atoms with Gasteiger partial charge in [0, 0.05) is 11.8 Å². The number of benzene rings is 1. The second kappa shape index (κ2) is 7.46. The highest BCUT2D eigenvalue weighted by Gasteiger charge is 2.22. The second-order valence-corrected chi connectivity index (χ2v) is 5.37. The van der Waals surface area contributed by atoms with Gasteiger partial charge in [0.2, 0.25) is 0 Å². The summed E-state index contributed by atoms with van der Waals surface area (Å²) in [6.07, 6.45) is 6.85. The largest absolute Gasteiger partial charge is 0.122 e. The SMILES string of the molecule is C=CCC(C(=S)SC)C(C=C)c1ccccc1. The van der Waals surface area contributed by atoms with E-state index in [0.29, 0.717) is 5.92 Å². The molecule has 0 saturated carbocycles. The van der Waals surface area contributed by atoms with Crippen molar-refractivity contribution in [2.24, 2.45) is 5.92 Å². The average molecular weight is 262 g/mol. The summed E-state index contributed by atoms with van der Waals surface area (Å²) in [6.45, 7) is 7.78. The van der Waals surface area contributed by atoms with Crippen molar-refractivity contribution in [2.75, 3.05) is 6.26 Å².